The molecule has 0 amide bonds. The zero-order chi connectivity index (χ0) is 16.4. The number of nitrogens with one attached hydrogen (secondary N) is 1. The van der Waals surface area contributed by atoms with Crippen LogP contribution in [-0.4, -0.2) is 44.6 Å². The molecule has 0 saturated heterocycles. The van der Waals surface area contributed by atoms with Crippen LogP contribution in [0.3, 0.4) is 0 Å². The third-order valence-electron chi connectivity index (χ3n) is 3.59. The van der Waals surface area contributed by atoms with Crippen LogP contribution in [0.15, 0.2) is 34.6 Å². The lowest BCUT2D eigenvalue weighted by Crippen LogP contribution is -2.35. The molecule has 2 aromatic rings. The summed E-state index contributed by atoms with van der Waals surface area (Å²) in [6.45, 7) is 2.52. The fraction of sp³-hybridized carbons (Fsp3) is 0.312. The highest BCUT2D eigenvalue weighted by molar-refractivity contribution is 7.14. The van der Waals surface area contributed by atoms with E-state index >= 15 is 0 Å². The second-order valence-electron chi connectivity index (χ2n) is 5.61. The molecule has 4 nitrogen and oxygen atoms in total. The van der Waals surface area contributed by atoms with Gasteiger partial charge in [-0.05, 0) is 43.7 Å². The molecular formula is C16H18ClFN4S. The molecule has 1 aromatic heterocycles. The fourth-order valence-corrected chi connectivity index (χ4v) is 3.45. The van der Waals surface area contributed by atoms with Crippen molar-refractivity contribution in [3.05, 3.63) is 46.0 Å². The average molecular weight is 353 g/mol. The highest BCUT2D eigenvalue weighted by Crippen LogP contribution is 2.32. The molecule has 0 fully saturated rings. The summed E-state index contributed by atoms with van der Waals surface area (Å²) in [6.07, 6.45) is 0. The van der Waals surface area contributed by atoms with Crippen molar-refractivity contribution >= 4 is 39.5 Å². The van der Waals surface area contributed by atoms with Gasteiger partial charge in [0.2, 0.25) is 0 Å². The van der Waals surface area contributed by atoms with Crippen LogP contribution in [0.5, 0.6) is 0 Å². The van der Waals surface area contributed by atoms with Crippen molar-refractivity contribution < 1.29 is 4.39 Å². The van der Waals surface area contributed by atoms with Gasteiger partial charge in [-0.2, -0.15) is 0 Å². The Morgan fingerprint density at radius 2 is 2.22 bits per heavy atom. The first-order chi connectivity index (χ1) is 11.0. The van der Waals surface area contributed by atoms with Crippen LogP contribution in [0.4, 0.5) is 15.1 Å². The van der Waals surface area contributed by atoms with Gasteiger partial charge in [0.25, 0.3) is 0 Å². The fourth-order valence-electron chi connectivity index (χ4n) is 2.34. The molecule has 0 aliphatic carbocycles. The summed E-state index contributed by atoms with van der Waals surface area (Å²) < 4.78 is 13.3. The summed E-state index contributed by atoms with van der Waals surface area (Å²) in [5.41, 5.74) is 1.80. The van der Waals surface area contributed by atoms with Gasteiger partial charge in [0.05, 0.1) is 10.6 Å². The van der Waals surface area contributed by atoms with Crippen LogP contribution in [-0.2, 0) is 0 Å². The smallest absolute Gasteiger partial charge is 0.141 e. The summed E-state index contributed by atoms with van der Waals surface area (Å²) in [5, 5.41) is 6.62. The molecule has 1 aliphatic rings. The Kier molecular flexibility index (Phi) is 4.84. The van der Waals surface area contributed by atoms with E-state index in [0.717, 1.165) is 30.2 Å². The minimum absolute atomic E-state index is 0.101. The van der Waals surface area contributed by atoms with E-state index in [1.165, 1.54) is 11.1 Å². The van der Waals surface area contributed by atoms with Crippen LogP contribution >= 0.6 is 22.9 Å². The molecule has 0 atom stereocenters. The molecule has 2 heterocycles. The van der Waals surface area contributed by atoms with Crippen LogP contribution < -0.4 is 10.2 Å². The van der Waals surface area contributed by atoms with E-state index in [9.17, 15) is 4.39 Å². The molecule has 23 heavy (non-hydrogen) atoms. The molecule has 0 spiro atoms. The molecule has 122 valence electrons. The molecule has 7 heteroatoms. The Labute approximate surface area is 144 Å². The van der Waals surface area contributed by atoms with Gasteiger partial charge in [0, 0.05) is 18.8 Å². The maximum Gasteiger partial charge on any atom is 0.141 e. The van der Waals surface area contributed by atoms with E-state index in [-0.39, 0.29) is 5.02 Å². The molecule has 0 unspecified atom stereocenters. The number of amidine groups is 1. The highest BCUT2D eigenvalue weighted by atomic mass is 35.5. The van der Waals surface area contributed by atoms with E-state index in [2.05, 4.69) is 45.7 Å². The molecule has 0 radical (unpaired) electrons. The highest BCUT2D eigenvalue weighted by Gasteiger charge is 2.21. The molecule has 0 bridgehead atoms. The van der Waals surface area contributed by atoms with Crippen molar-refractivity contribution in [2.45, 2.75) is 0 Å². The molecule has 1 N–H and O–H groups in total. The lowest BCUT2D eigenvalue weighted by Gasteiger charge is -2.28. The number of halogens is 2. The van der Waals surface area contributed by atoms with E-state index in [4.69, 9.17) is 11.6 Å². The summed E-state index contributed by atoms with van der Waals surface area (Å²) in [4.78, 5) is 9.06. The van der Waals surface area contributed by atoms with Crippen molar-refractivity contribution in [2.24, 2.45) is 4.99 Å². The van der Waals surface area contributed by atoms with E-state index in [1.807, 2.05) is 0 Å². The number of likely N-dealkylation sites (N-methyl/N-ethyl adjacent to an activating group) is 1. The minimum atomic E-state index is -0.422. The first-order valence-corrected chi connectivity index (χ1v) is 8.54. The molecule has 0 saturated carbocycles. The SMILES string of the molecule is CN(C)CCN1CN=C(Nc2ccc(F)c(Cl)c2)c2ccsc21. The van der Waals surface area contributed by atoms with Gasteiger partial charge in [-0.3, -0.25) is 0 Å². The van der Waals surface area contributed by atoms with Crippen molar-refractivity contribution in [2.75, 3.05) is 44.1 Å². The van der Waals surface area contributed by atoms with Crippen LogP contribution in [0.25, 0.3) is 0 Å². The van der Waals surface area contributed by atoms with Gasteiger partial charge in [-0.25, -0.2) is 9.38 Å². The van der Waals surface area contributed by atoms with Crippen molar-refractivity contribution in [1.82, 2.24) is 4.90 Å². The number of aliphatic imine (C=N–C) groups is 1. The number of fused-ring (bicyclic) bond motifs is 1. The van der Waals surface area contributed by atoms with Crippen molar-refractivity contribution in [3.8, 4) is 0 Å². The number of thiophene rings is 1. The van der Waals surface area contributed by atoms with Gasteiger partial charge in [-0.1, -0.05) is 11.6 Å². The second kappa shape index (κ2) is 6.86. The number of nitrogens with zero attached hydrogens (tertiary/aromatic N) is 3. The topological polar surface area (TPSA) is 30.9 Å². The standard InChI is InChI=1S/C16H18ClFN4S/c1-21(2)6-7-22-10-19-15(12-5-8-23-16(12)22)20-11-3-4-14(18)13(17)9-11/h3-5,8-9H,6-7,10H2,1-2H3,(H,19,20). The second-order valence-corrected chi connectivity index (χ2v) is 6.91. The van der Waals surface area contributed by atoms with Crippen LogP contribution in [0, 0.1) is 5.82 Å². The van der Waals surface area contributed by atoms with Crippen molar-refractivity contribution in [1.29, 1.82) is 0 Å². The largest absolute Gasteiger partial charge is 0.342 e. The lowest BCUT2D eigenvalue weighted by atomic mass is 10.2. The molecule has 3 rings (SSSR count). The summed E-state index contributed by atoms with van der Waals surface area (Å²) in [5.74, 6) is 0.374. The van der Waals surface area contributed by atoms with Gasteiger partial charge >= 0.3 is 0 Å². The van der Waals surface area contributed by atoms with E-state index < -0.39 is 5.82 Å². The van der Waals surface area contributed by atoms with E-state index in [1.54, 1.807) is 23.5 Å². The minimum Gasteiger partial charge on any atom is -0.342 e. The summed E-state index contributed by atoms with van der Waals surface area (Å²) in [6, 6.07) is 6.64. The predicted molar refractivity (Wildman–Crippen MR) is 96.7 cm³/mol. The lowest BCUT2D eigenvalue weighted by molar-refractivity contribution is 0.414. The number of anilines is 2. The molecule has 1 aliphatic heterocycles. The monoisotopic (exact) mass is 352 g/mol. The number of hydrogen-bond acceptors (Lipinski definition) is 5. The molecular weight excluding hydrogens is 335 g/mol. The number of hydrogen-bond donors (Lipinski definition) is 1. The Bertz CT molecular complexity index is 729. The zero-order valence-electron chi connectivity index (χ0n) is 13.0. The van der Waals surface area contributed by atoms with Gasteiger partial charge in [-0.15, -0.1) is 11.3 Å². The Morgan fingerprint density at radius 1 is 1.39 bits per heavy atom. The maximum absolute atomic E-state index is 13.3. The summed E-state index contributed by atoms with van der Waals surface area (Å²) >= 11 is 7.54. The quantitative estimate of drug-likeness (QED) is 0.909. The average Bonchev–Trinajstić information content (AvgIpc) is 3.00. The van der Waals surface area contributed by atoms with Crippen LogP contribution in [0.1, 0.15) is 5.56 Å². The van der Waals surface area contributed by atoms with Crippen LogP contribution in [0.2, 0.25) is 5.02 Å². The normalized spacial score (nSPS) is 14.0. The zero-order valence-corrected chi connectivity index (χ0v) is 14.6. The first kappa shape index (κ1) is 16.2. The van der Waals surface area contributed by atoms with Crippen molar-refractivity contribution in [3.63, 3.8) is 0 Å². The van der Waals surface area contributed by atoms with E-state index in [0.29, 0.717) is 6.67 Å². The maximum atomic E-state index is 13.3. The van der Waals surface area contributed by atoms with Gasteiger partial charge in [0.15, 0.2) is 0 Å². The first-order valence-electron chi connectivity index (χ1n) is 7.28. The van der Waals surface area contributed by atoms with Gasteiger partial charge < -0.3 is 15.1 Å². The Morgan fingerprint density at radius 3 is 2.96 bits per heavy atom. The number of rotatable bonds is 4. The Balaban J connectivity index is 1.78. The van der Waals surface area contributed by atoms with Gasteiger partial charge in [0.1, 0.15) is 23.3 Å². The third kappa shape index (κ3) is 3.65. The molecule has 1 aromatic carbocycles. The Hall–Kier alpha value is -1.63. The predicted octanol–water partition coefficient (Wildman–Crippen LogP) is 3.74. The third-order valence-corrected chi connectivity index (χ3v) is 4.85. The number of benzene rings is 1. The summed E-state index contributed by atoms with van der Waals surface area (Å²) in [7, 11) is 4.13.